The molecule has 1 aliphatic rings. The van der Waals surface area contributed by atoms with Crippen LogP contribution in [0.2, 0.25) is 0 Å². The van der Waals surface area contributed by atoms with Gasteiger partial charge in [-0.3, -0.25) is 4.79 Å². The molecule has 28 heavy (non-hydrogen) atoms. The molecule has 0 bridgehead atoms. The van der Waals surface area contributed by atoms with E-state index in [-0.39, 0.29) is 43.5 Å². The zero-order chi connectivity index (χ0) is 20.1. The fraction of sp³-hybridized carbons (Fsp3) is 0.261. The van der Waals surface area contributed by atoms with E-state index in [9.17, 15) is 9.18 Å². The summed E-state index contributed by atoms with van der Waals surface area (Å²) in [5.74, 6) is -0.243. The molecular formula is C23H24FIrNO2-2. The van der Waals surface area contributed by atoms with Gasteiger partial charge in [-0.05, 0) is 38.0 Å². The summed E-state index contributed by atoms with van der Waals surface area (Å²) in [7, 11) is 0. The van der Waals surface area contributed by atoms with Gasteiger partial charge in [0.25, 0.3) is 0 Å². The molecule has 1 aliphatic heterocycles. The van der Waals surface area contributed by atoms with Crippen LogP contribution in [0.4, 0.5) is 10.1 Å². The molecule has 1 heterocycles. The predicted molar refractivity (Wildman–Crippen MR) is 108 cm³/mol. The first-order valence-electron chi connectivity index (χ1n) is 8.73. The number of benzene rings is 2. The van der Waals surface area contributed by atoms with E-state index < -0.39 is 0 Å². The smallest absolute Gasteiger partial charge is 0.155 e. The Hall–Kier alpha value is -2.23. The normalized spacial score (nSPS) is 14.8. The van der Waals surface area contributed by atoms with Crippen LogP contribution in [0.5, 0.6) is 0 Å². The third kappa shape index (κ3) is 6.74. The van der Waals surface area contributed by atoms with Crippen LogP contribution in [0.25, 0.3) is 11.4 Å². The van der Waals surface area contributed by atoms with Gasteiger partial charge >= 0.3 is 0 Å². The first-order chi connectivity index (χ1) is 12.7. The number of hydrogen-bond acceptors (Lipinski definition) is 2. The topological polar surface area (TPSA) is 51.4 Å². The minimum Gasteiger partial charge on any atom is -0.676 e. The van der Waals surface area contributed by atoms with Crippen molar-refractivity contribution in [2.24, 2.45) is 0 Å². The number of allylic oxidation sites excluding steroid dienone is 2. The van der Waals surface area contributed by atoms with Crippen molar-refractivity contribution < 1.29 is 34.4 Å². The molecule has 0 fully saturated rings. The number of aliphatic hydroxyl groups is 1. The number of carbonyl (C=O) groups excluding carboxylic acids is 1. The minimum absolute atomic E-state index is 0. The average Bonchev–Trinajstić information content (AvgIpc) is 2.54. The largest absolute Gasteiger partial charge is 0.676 e. The van der Waals surface area contributed by atoms with Crippen LogP contribution < -0.4 is 0 Å². The fourth-order valence-corrected chi connectivity index (χ4v) is 2.87. The molecule has 1 radical (unpaired) electrons. The first kappa shape index (κ1) is 23.8. The quantitative estimate of drug-likeness (QED) is 0.266. The standard InChI is InChI=1S/C18H16FN.C5H8O2.Ir/c1-11-6-12(2)8-15(7-11)17-5-4-14-10-16(19)13(3)9-18(14)20-17;1-4(6)3-5(2)7;/h4-7,9-10,17H,1-3H3;3,6H,1-2H3;/q-2;;/b;4-3-;. The van der Waals surface area contributed by atoms with Crippen LogP contribution in [-0.2, 0) is 24.9 Å². The number of nitrogens with zero attached hydrogens (tertiary/aromatic N) is 1. The van der Waals surface area contributed by atoms with E-state index in [1.807, 2.05) is 25.1 Å². The van der Waals surface area contributed by atoms with E-state index in [4.69, 9.17) is 10.4 Å². The van der Waals surface area contributed by atoms with Crippen molar-refractivity contribution in [3.8, 4) is 0 Å². The third-order valence-corrected chi connectivity index (χ3v) is 3.94. The Bertz CT molecular complexity index is 895. The maximum atomic E-state index is 13.6. The van der Waals surface area contributed by atoms with Crippen molar-refractivity contribution in [3.05, 3.63) is 87.2 Å². The van der Waals surface area contributed by atoms with Crippen molar-refractivity contribution in [2.75, 3.05) is 0 Å². The number of carbonyl (C=O) groups is 1. The molecule has 151 valence electrons. The summed E-state index contributed by atoms with van der Waals surface area (Å²) in [4.78, 5) is 10.0. The van der Waals surface area contributed by atoms with E-state index in [1.165, 1.54) is 25.5 Å². The van der Waals surface area contributed by atoms with E-state index >= 15 is 0 Å². The third-order valence-electron chi connectivity index (χ3n) is 3.94. The molecule has 2 aromatic carbocycles. The Kier molecular flexibility index (Phi) is 8.80. The van der Waals surface area contributed by atoms with Gasteiger partial charge in [0.15, 0.2) is 5.78 Å². The average molecular weight is 558 g/mol. The van der Waals surface area contributed by atoms with Crippen LogP contribution in [-0.4, -0.2) is 10.9 Å². The molecule has 1 unspecified atom stereocenters. The molecule has 1 N–H and O–H groups in total. The zero-order valence-electron chi connectivity index (χ0n) is 16.6. The molecule has 0 spiro atoms. The van der Waals surface area contributed by atoms with Gasteiger partial charge in [0.1, 0.15) is 5.82 Å². The second kappa shape index (κ2) is 10.4. The van der Waals surface area contributed by atoms with Gasteiger partial charge in [-0.1, -0.05) is 38.1 Å². The minimum atomic E-state index is -0.181. The summed E-state index contributed by atoms with van der Waals surface area (Å²) in [6.45, 7) is 8.73. The molecule has 0 saturated heterocycles. The molecular weight excluding hydrogens is 533 g/mol. The Morgan fingerprint density at radius 3 is 2.39 bits per heavy atom. The number of fused-ring (bicyclic) bond motifs is 1. The second-order valence-electron chi connectivity index (χ2n) is 6.79. The molecule has 3 rings (SSSR count). The van der Waals surface area contributed by atoms with Gasteiger partial charge < -0.3 is 10.4 Å². The predicted octanol–water partition coefficient (Wildman–Crippen LogP) is 6.36. The van der Waals surface area contributed by atoms with Crippen LogP contribution in [0.15, 0.2) is 42.2 Å². The number of aliphatic hydroxyl groups excluding tert-OH is 1. The Balaban J connectivity index is 0.000000425. The summed E-state index contributed by atoms with van der Waals surface area (Å²) in [6, 6.07) is 10.9. The molecule has 5 heteroatoms. The SMILES string of the molecule is CC(=O)/C=C(/C)O.Cc1[c-]c(C2C=Cc3cc(F)c(C)cc3[N-]2)cc(C)c1.[Ir]. The van der Waals surface area contributed by atoms with Gasteiger partial charge in [0.05, 0.1) is 5.76 Å². The van der Waals surface area contributed by atoms with Crippen molar-refractivity contribution in [2.45, 2.75) is 40.7 Å². The molecule has 1 atom stereocenters. The zero-order valence-corrected chi connectivity index (χ0v) is 19.0. The number of aryl methyl sites for hydroxylation is 3. The maximum absolute atomic E-state index is 13.6. The monoisotopic (exact) mass is 558 g/mol. The van der Waals surface area contributed by atoms with E-state index in [2.05, 4.69) is 25.1 Å². The molecule has 2 aromatic rings. The van der Waals surface area contributed by atoms with Crippen LogP contribution in [0, 0.1) is 32.7 Å². The number of hydrogen-bond donors (Lipinski definition) is 1. The Morgan fingerprint density at radius 1 is 1.18 bits per heavy atom. The van der Waals surface area contributed by atoms with Crippen molar-refractivity contribution in [3.63, 3.8) is 0 Å². The fourth-order valence-electron chi connectivity index (χ4n) is 2.87. The summed E-state index contributed by atoms with van der Waals surface area (Å²) in [6.07, 6.45) is 5.11. The summed E-state index contributed by atoms with van der Waals surface area (Å²) < 4.78 is 13.6. The maximum Gasteiger partial charge on any atom is 0.155 e. The van der Waals surface area contributed by atoms with Gasteiger partial charge in [-0.2, -0.15) is 34.9 Å². The van der Waals surface area contributed by atoms with Gasteiger partial charge in [0, 0.05) is 26.2 Å². The van der Waals surface area contributed by atoms with Crippen LogP contribution in [0.1, 0.15) is 47.7 Å². The molecule has 0 amide bonds. The molecule has 3 nitrogen and oxygen atoms in total. The van der Waals surface area contributed by atoms with Crippen molar-refractivity contribution >= 4 is 17.5 Å². The summed E-state index contributed by atoms with van der Waals surface area (Å²) in [5, 5.41) is 13.1. The molecule has 0 saturated carbocycles. The Morgan fingerprint density at radius 2 is 1.86 bits per heavy atom. The van der Waals surface area contributed by atoms with E-state index in [0.717, 1.165) is 22.4 Å². The number of rotatable bonds is 2. The van der Waals surface area contributed by atoms with Crippen LogP contribution in [0.3, 0.4) is 0 Å². The summed E-state index contributed by atoms with van der Waals surface area (Å²) in [5.41, 5.74) is 5.71. The Labute approximate surface area is 179 Å². The molecule has 0 aliphatic carbocycles. The van der Waals surface area contributed by atoms with E-state index in [1.54, 1.807) is 13.0 Å². The second-order valence-corrected chi connectivity index (χ2v) is 6.79. The van der Waals surface area contributed by atoms with E-state index in [0.29, 0.717) is 5.56 Å². The van der Waals surface area contributed by atoms with Gasteiger partial charge in [-0.25, -0.2) is 4.39 Å². The van der Waals surface area contributed by atoms with Crippen molar-refractivity contribution in [1.29, 1.82) is 0 Å². The van der Waals surface area contributed by atoms with Gasteiger partial charge in [0.2, 0.25) is 0 Å². The first-order valence-corrected chi connectivity index (χ1v) is 8.73. The number of halogens is 1. The van der Waals surface area contributed by atoms with Crippen molar-refractivity contribution in [1.82, 2.24) is 0 Å². The van der Waals surface area contributed by atoms with Crippen LogP contribution >= 0.6 is 0 Å². The summed E-state index contributed by atoms with van der Waals surface area (Å²) >= 11 is 0. The van der Waals surface area contributed by atoms with Gasteiger partial charge in [-0.15, -0.1) is 5.69 Å². The molecule has 0 aromatic heterocycles. The number of ketones is 1.